The van der Waals surface area contributed by atoms with Crippen LogP contribution in [0.2, 0.25) is 0 Å². The molecule has 3 aliphatic rings. The zero-order valence-electron chi connectivity index (χ0n) is 22.7. The number of rotatable bonds is 6. The number of nitrogens with zero attached hydrogens (tertiary/aromatic N) is 3. The number of fused-ring (bicyclic) bond motifs is 6. The maximum absolute atomic E-state index is 12.2. The van der Waals surface area contributed by atoms with Gasteiger partial charge < -0.3 is 31.3 Å². The summed E-state index contributed by atoms with van der Waals surface area (Å²) in [4.78, 5) is 9.56. The van der Waals surface area contributed by atoms with Crippen molar-refractivity contribution in [3.8, 4) is 5.75 Å². The third-order valence-electron chi connectivity index (χ3n) is 9.51. The molecule has 204 valence electrons. The Bertz CT molecular complexity index is 1670. The predicted octanol–water partition coefficient (Wildman–Crippen LogP) is 3.59. The van der Waals surface area contributed by atoms with Gasteiger partial charge in [-0.1, -0.05) is 42.5 Å². The number of aliphatic hydroxyl groups excluding tert-OH is 1. The monoisotopic (exact) mass is 595 g/mol. The highest BCUT2D eigenvalue weighted by atomic mass is 79.9. The summed E-state index contributed by atoms with van der Waals surface area (Å²) in [6.45, 7) is 7.12. The summed E-state index contributed by atoms with van der Waals surface area (Å²) < 4.78 is 6.38. The van der Waals surface area contributed by atoms with Crippen LogP contribution in [0.4, 0.5) is 0 Å². The van der Waals surface area contributed by atoms with Crippen LogP contribution < -0.4 is 21.7 Å². The van der Waals surface area contributed by atoms with Gasteiger partial charge in [0.25, 0.3) is 0 Å². The number of aromatic nitrogens is 2. The highest BCUT2D eigenvalue weighted by Crippen LogP contribution is 2.49. The number of halogens is 1. The normalized spacial score (nSPS) is 24.6. The molecular weight excluding hydrogens is 562 g/mol. The van der Waals surface area contributed by atoms with Crippen LogP contribution in [0, 0.1) is 11.8 Å². The van der Waals surface area contributed by atoms with Crippen LogP contribution in [0.1, 0.15) is 30.1 Å². The number of piperidine rings is 3. The molecule has 0 aliphatic carbocycles. The van der Waals surface area contributed by atoms with E-state index >= 15 is 0 Å². The van der Waals surface area contributed by atoms with Crippen LogP contribution in [0.3, 0.4) is 0 Å². The van der Waals surface area contributed by atoms with Gasteiger partial charge in [-0.3, -0.25) is 4.98 Å². The minimum Gasteiger partial charge on any atom is -1.00 e. The van der Waals surface area contributed by atoms with Crippen molar-refractivity contribution >= 4 is 32.7 Å². The number of aliphatic hydroxyl groups is 1. The number of ether oxygens (including phenoxy) is 1. The summed E-state index contributed by atoms with van der Waals surface area (Å²) in [6, 6.07) is 25.0. The maximum Gasteiger partial charge on any atom is 0.131 e. The summed E-state index contributed by atoms with van der Waals surface area (Å²) >= 11 is 0. The Hall–Kier alpha value is -3.32. The highest BCUT2D eigenvalue weighted by molar-refractivity contribution is 5.97. The number of hydrogen-bond acceptors (Lipinski definition) is 4. The van der Waals surface area contributed by atoms with Gasteiger partial charge in [0.2, 0.25) is 0 Å². The van der Waals surface area contributed by atoms with Crippen molar-refractivity contribution in [3.05, 3.63) is 103 Å². The third kappa shape index (κ3) is 4.30. The molecule has 2 bridgehead atoms. The first-order valence-corrected chi connectivity index (χ1v) is 14.0. The minimum absolute atomic E-state index is 0. The number of pyridine rings is 2. The number of quaternary nitrogens is 1. The fourth-order valence-corrected chi connectivity index (χ4v) is 7.53. The molecule has 2 aromatic heterocycles. The van der Waals surface area contributed by atoms with Crippen LogP contribution >= 0.6 is 0 Å². The van der Waals surface area contributed by atoms with Crippen molar-refractivity contribution in [1.29, 1.82) is 0 Å². The number of hydrogen-bond donors (Lipinski definition) is 1. The average molecular weight is 597 g/mol. The Kier molecular flexibility index (Phi) is 7.11. The molecule has 5 heterocycles. The molecule has 40 heavy (non-hydrogen) atoms. The van der Waals surface area contributed by atoms with Crippen molar-refractivity contribution in [2.24, 2.45) is 11.8 Å². The van der Waals surface area contributed by atoms with E-state index in [1.165, 1.54) is 16.3 Å². The molecule has 3 aliphatic heterocycles. The fourth-order valence-electron chi connectivity index (χ4n) is 7.53. The molecule has 0 spiro atoms. The van der Waals surface area contributed by atoms with Gasteiger partial charge >= 0.3 is 0 Å². The lowest BCUT2D eigenvalue weighted by Crippen LogP contribution is -3.00. The first-order valence-electron chi connectivity index (χ1n) is 14.0. The number of methoxy groups -OCH3 is 1. The topological polar surface area (TPSA) is 55.2 Å². The van der Waals surface area contributed by atoms with Crippen LogP contribution in [-0.2, 0) is 6.54 Å². The van der Waals surface area contributed by atoms with E-state index in [0.29, 0.717) is 11.8 Å². The van der Waals surface area contributed by atoms with Gasteiger partial charge in [-0.05, 0) is 47.9 Å². The molecule has 8 rings (SSSR count). The lowest BCUT2D eigenvalue weighted by atomic mass is 9.71. The third-order valence-corrected chi connectivity index (χ3v) is 9.51. The summed E-state index contributed by atoms with van der Waals surface area (Å²) in [7, 11) is 1.68. The Morgan fingerprint density at radius 2 is 1.73 bits per heavy atom. The Morgan fingerprint density at radius 3 is 2.42 bits per heavy atom. The molecule has 1 N–H and O–H groups in total. The van der Waals surface area contributed by atoms with Gasteiger partial charge in [-0.25, -0.2) is 4.98 Å². The molecule has 3 unspecified atom stereocenters. The van der Waals surface area contributed by atoms with E-state index in [1.54, 1.807) is 7.11 Å². The van der Waals surface area contributed by atoms with E-state index < -0.39 is 6.10 Å². The van der Waals surface area contributed by atoms with Gasteiger partial charge in [0, 0.05) is 46.7 Å². The molecule has 5 nitrogen and oxygen atoms in total. The van der Waals surface area contributed by atoms with Gasteiger partial charge in [0.05, 0.1) is 36.7 Å². The quantitative estimate of drug-likeness (QED) is 0.185. The molecule has 5 atom stereocenters. The van der Waals surface area contributed by atoms with Crippen LogP contribution in [0.25, 0.3) is 32.7 Å². The molecule has 0 amide bonds. The van der Waals surface area contributed by atoms with E-state index in [2.05, 4.69) is 66.2 Å². The van der Waals surface area contributed by atoms with E-state index in [4.69, 9.17) is 9.72 Å². The lowest BCUT2D eigenvalue weighted by molar-refractivity contribution is -0.984. The van der Waals surface area contributed by atoms with Crippen molar-refractivity contribution in [1.82, 2.24) is 9.97 Å². The van der Waals surface area contributed by atoms with Gasteiger partial charge in [0.15, 0.2) is 0 Å². The molecule has 0 saturated carbocycles. The Labute approximate surface area is 245 Å². The standard InChI is InChI=1S/C34H34N3O2.BrH/c1-3-22-20-37(21-29-25-8-4-6-10-31(25)36-32-11-7-5-9-26(29)32)17-15-23(22)18-33(37)34(38)27-14-16-35-30-13-12-24(39-2)19-28(27)30;/h3-14,16,19,22-23,33-34,38H,1,15,17-18,20-21H2,2H3;1H/q+1;/p-1/t22?,23?,33-,34+,37?;/m0./s1. The van der Waals surface area contributed by atoms with Crippen molar-refractivity contribution in [3.63, 3.8) is 0 Å². The van der Waals surface area contributed by atoms with E-state index in [0.717, 1.165) is 70.2 Å². The highest BCUT2D eigenvalue weighted by Gasteiger charge is 2.54. The van der Waals surface area contributed by atoms with Crippen molar-refractivity contribution < 1.29 is 31.3 Å². The zero-order chi connectivity index (χ0) is 26.6. The SMILES string of the molecule is C=CC1C[N+]2(Cc3c4ccccc4nc4ccccc34)CCC1C[C@H]2[C@H](O)c1ccnc2ccc(OC)cc12.[Br-]. The zero-order valence-corrected chi connectivity index (χ0v) is 24.3. The van der Waals surface area contributed by atoms with E-state index in [1.807, 2.05) is 30.5 Å². The second-order valence-corrected chi connectivity index (χ2v) is 11.4. The van der Waals surface area contributed by atoms with E-state index in [9.17, 15) is 5.11 Å². The predicted molar refractivity (Wildman–Crippen MR) is 156 cm³/mol. The second-order valence-electron chi connectivity index (χ2n) is 11.4. The first kappa shape index (κ1) is 26.9. The summed E-state index contributed by atoms with van der Waals surface area (Å²) in [5.41, 5.74) is 5.21. The second kappa shape index (κ2) is 10.6. The van der Waals surface area contributed by atoms with Crippen molar-refractivity contribution in [2.75, 3.05) is 20.2 Å². The Morgan fingerprint density at radius 1 is 1.00 bits per heavy atom. The lowest BCUT2D eigenvalue weighted by Gasteiger charge is -2.58. The smallest absolute Gasteiger partial charge is 0.131 e. The Balaban J connectivity index is 0.00000289. The largest absolute Gasteiger partial charge is 1.00 e. The maximum atomic E-state index is 12.2. The average Bonchev–Trinajstić information content (AvgIpc) is 3.00. The fraction of sp³-hybridized carbons (Fsp3) is 0.294. The molecule has 3 fully saturated rings. The molecule has 0 radical (unpaired) electrons. The number of benzene rings is 3. The van der Waals surface area contributed by atoms with Gasteiger partial charge in [0.1, 0.15) is 24.4 Å². The van der Waals surface area contributed by atoms with Gasteiger partial charge in [-0.2, -0.15) is 0 Å². The molecule has 3 aromatic carbocycles. The molecule has 3 saturated heterocycles. The van der Waals surface area contributed by atoms with Gasteiger partial charge in [-0.15, -0.1) is 6.58 Å². The van der Waals surface area contributed by atoms with Crippen LogP contribution in [0.15, 0.2) is 91.6 Å². The van der Waals surface area contributed by atoms with Crippen LogP contribution in [0.5, 0.6) is 5.75 Å². The van der Waals surface area contributed by atoms with Crippen LogP contribution in [-0.4, -0.2) is 45.8 Å². The van der Waals surface area contributed by atoms with Crippen molar-refractivity contribution in [2.45, 2.75) is 31.5 Å². The molecule has 6 heteroatoms. The summed E-state index contributed by atoms with van der Waals surface area (Å²) in [6.07, 6.45) is 5.51. The summed E-state index contributed by atoms with van der Waals surface area (Å²) in [5, 5.41) is 15.6. The van der Waals surface area contributed by atoms with E-state index in [-0.39, 0.29) is 23.0 Å². The molecular formula is C34H34BrN3O2. The first-order chi connectivity index (χ1) is 19.1. The minimum atomic E-state index is -0.615. The summed E-state index contributed by atoms with van der Waals surface area (Å²) in [5.74, 6) is 1.78. The number of para-hydroxylation sites is 2. The molecule has 5 aromatic rings.